The van der Waals surface area contributed by atoms with Crippen LogP contribution in [0.4, 0.5) is 0 Å². The highest BCUT2D eigenvalue weighted by atomic mass is 16.1. The van der Waals surface area contributed by atoms with Crippen LogP contribution in [0.5, 0.6) is 0 Å². The minimum absolute atomic E-state index is 0.164. The molecule has 21 heavy (non-hydrogen) atoms. The fraction of sp³-hybridized carbons (Fsp3) is 0.941. The van der Waals surface area contributed by atoms with Gasteiger partial charge in [0.25, 0.3) is 0 Å². The fourth-order valence-corrected chi connectivity index (χ4v) is 3.20. The van der Waals surface area contributed by atoms with Crippen molar-refractivity contribution in [3.63, 3.8) is 0 Å². The molecular weight excluding hydrogens is 262 g/mol. The summed E-state index contributed by atoms with van der Waals surface area (Å²) in [6.07, 6.45) is 5.63. The lowest BCUT2D eigenvalue weighted by atomic mass is 9.94. The molecular formula is C17H35N3O. The molecule has 0 saturated carbocycles. The van der Waals surface area contributed by atoms with Gasteiger partial charge in [-0.3, -0.25) is 4.79 Å². The van der Waals surface area contributed by atoms with Crippen molar-refractivity contribution in [3.05, 3.63) is 0 Å². The molecule has 0 aromatic heterocycles. The maximum absolute atomic E-state index is 12.0. The van der Waals surface area contributed by atoms with E-state index < -0.39 is 0 Å². The maximum atomic E-state index is 12.0. The SMILES string of the molecule is CC(C)C[C@H](CN)CC(=O)NCC(C)CN1CCCCC1. The average molecular weight is 297 g/mol. The minimum atomic E-state index is 0.164. The molecule has 1 saturated heterocycles. The van der Waals surface area contributed by atoms with Crippen molar-refractivity contribution < 1.29 is 4.79 Å². The monoisotopic (exact) mass is 297 g/mol. The third-order valence-corrected chi connectivity index (χ3v) is 4.28. The van der Waals surface area contributed by atoms with Crippen LogP contribution in [0, 0.1) is 17.8 Å². The number of nitrogens with one attached hydrogen (secondary N) is 1. The number of rotatable bonds is 9. The second kappa shape index (κ2) is 10.2. The first-order valence-corrected chi connectivity index (χ1v) is 8.70. The van der Waals surface area contributed by atoms with E-state index in [2.05, 4.69) is 31.0 Å². The zero-order chi connectivity index (χ0) is 15.7. The average Bonchev–Trinajstić information content (AvgIpc) is 2.45. The van der Waals surface area contributed by atoms with Crippen molar-refractivity contribution in [2.75, 3.05) is 32.7 Å². The van der Waals surface area contributed by atoms with Gasteiger partial charge in [0.05, 0.1) is 0 Å². The summed E-state index contributed by atoms with van der Waals surface area (Å²) in [5.41, 5.74) is 5.76. The summed E-state index contributed by atoms with van der Waals surface area (Å²) in [4.78, 5) is 14.5. The van der Waals surface area contributed by atoms with E-state index >= 15 is 0 Å². The zero-order valence-corrected chi connectivity index (χ0v) is 14.2. The van der Waals surface area contributed by atoms with Gasteiger partial charge in [0.1, 0.15) is 0 Å². The first-order chi connectivity index (χ1) is 10.0. The first kappa shape index (κ1) is 18.4. The Morgan fingerprint density at radius 1 is 1.19 bits per heavy atom. The molecule has 0 radical (unpaired) electrons. The number of carbonyl (C=O) groups is 1. The number of carbonyl (C=O) groups excluding carboxylic acids is 1. The van der Waals surface area contributed by atoms with Crippen molar-refractivity contribution in [1.29, 1.82) is 0 Å². The van der Waals surface area contributed by atoms with Gasteiger partial charge in [-0.1, -0.05) is 27.2 Å². The third kappa shape index (κ3) is 8.42. The third-order valence-electron chi connectivity index (χ3n) is 4.28. The molecule has 1 aliphatic rings. The zero-order valence-electron chi connectivity index (χ0n) is 14.2. The molecule has 0 spiro atoms. The van der Waals surface area contributed by atoms with Gasteiger partial charge >= 0.3 is 0 Å². The molecule has 3 N–H and O–H groups in total. The molecule has 4 heteroatoms. The molecule has 1 unspecified atom stereocenters. The Kier molecular flexibility index (Phi) is 8.93. The van der Waals surface area contributed by atoms with E-state index in [0.29, 0.717) is 30.7 Å². The van der Waals surface area contributed by atoms with Gasteiger partial charge in [0, 0.05) is 19.5 Å². The Hall–Kier alpha value is -0.610. The highest BCUT2D eigenvalue weighted by molar-refractivity contribution is 5.76. The van der Waals surface area contributed by atoms with Crippen LogP contribution in [0.25, 0.3) is 0 Å². The number of amides is 1. The summed E-state index contributed by atoms with van der Waals surface area (Å²) in [6.45, 7) is 11.5. The number of nitrogens with zero attached hydrogens (tertiary/aromatic N) is 1. The standard InChI is InChI=1S/C17H35N3O/c1-14(2)9-16(11-18)10-17(21)19-12-15(3)13-20-7-5-4-6-8-20/h14-16H,4-13,18H2,1-3H3,(H,19,21)/t15?,16-/m0/s1. The molecule has 1 aliphatic heterocycles. The molecule has 124 valence electrons. The van der Waals surface area contributed by atoms with E-state index in [1.807, 2.05) is 0 Å². The molecule has 0 aromatic rings. The van der Waals surface area contributed by atoms with E-state index in [1.54, 1.807) is 0 Å². The van der Waals surface area contributed by atoms with E-state index in [0.717, 1.165) is 19.5 Å². The quantitative estimate of drug-likeness (QED) is 0.686. The van der Waals surface area contributed by atoms with Crippen molar-refractivity contribution in [2.24, 2.45) is 23.5 Å². The van der Waals surface area contributed by atoms with Gasteiger partial charge in [-0.15, -0.1) is 0 Å². The minimum Gasteiger partial charge on any atom is -0.356 e. The summed E-state index contributed by atoms with van der Waals surface area (Å²) in [5.74, 6) is 1.61. The molecule has 4 nitrogen and oxygen atoms in total. The predicted molar refractivity (Wildman–Crippen MR) is 89.1 cm³/mol. The van der Waals surface area contributed by atoms with Gasteiger partial charge in [0.2, 0.25) is 5.91 Å². The molecule has 1 rings (SSSR count). The van der Waals surface area contributed by atoms with Gasteiger partial charge in [-0.2, -0.15) is 0 Å². The summed E-state index contributed by atoms with van der Waals surface area (Å²) in [6, 6.07) is 0. The largest absolute Gasteiger partial charge is 0.356 e. The second-order valence-electron chi connectivity index (χ2n) is 7.21. The molecule has 1 heterocycles. The van der Waals surface area contributed by atoms with Gasteiger partial charge in [-0.25, -0.2) is 0 Å². The Morgan fingerprint density at radius 3 is 2.43 bits per heavy atom. The van der Waals surface area contributed by atoms with Crippen LogP contribution in [-0.4, -0.2) is 43.5 Å². The van der Waals surface area contributed by atoms with Crippen LogP contribution < -0.4 is 11.1 Å². The smallest absolute Gasteiger partial charge is 0.220 e. The molecule has 2 atom stereocenters. The van der Waals surface area contributed by atoms with E-state index in [9.17, 15) is 4.79 Å². The molecule has 1 amide bonds. The normalized spacial score (nSPS) is 19.5. The van der Waals surface area contributed by atoms with Gasteiger partial charge in [0.15, 0.2) is 0 Å². The van der Waals surface area contributed by atoms with Crippen molar-refractivity contribution >= 4 is 5.91 Å². The predicted octanol–water partition coefficient (Wildman–Crippen LogP) is 2.24. The van der Waals surface area contributed by atoms with Crippen molar-refractivity contribution in [1.82, 2.24) is 10.2 Å². The Bertz CT molecular complexity index is 288. The number of likely N-dealkylation sites (tertiary alicyclic amines) is 1. The maximum Gasteiger partial charge on any atom is 0.220 e. The van der Waals surface area contributed by atoms with Crippen LogP contribution in [0.15, 0.2) is 0 Å². The van der Waals surface area contributed by atoms with Gasteiger partial charge < -0.3 is 16.0 Å². The van der Waals surface area contributed by atoms with Crippen LogP contribution in [0.2, 0.25) is 0 Å². The lowest BCUT2D eigenvalue weighted by Gasteiger charge is -2.29. The molecule has 0 aliphatic carbocycles. The van der Waals surface area contributed by atoms with Crippen molar-refractivity contribution in [2.45, 2.75) is 52.9 Å². The van der Waals surface area contributed by atoms with Gasteiger partial charge in [-0.05, 0) is 56.7 Å². The number of nitrogens with two attached hydrogens (primary N) is 1. The van der Waals surface area contributed by atoms with Crippen molar-refractivity contribution in [3.8, 4) is 0 Å². The Morgan fingerprint density at radius 2 is 1.86 bits per heavy atom. The van der Waals surface area contributed by atoms with Crippen LogP contribution >= 0.6 is 0 Å². The number of hydrogen-bond acceptors (Lipinski definition) is 3. The Balaban J connectivity index is 2.18. The highest BCUT2D eigenvalue weighted by Crippen LogP contribution is 2.14. The van der Waals surface area contributed by atoms with E-state index in [4.69, 9.17) is 5.73 Å². The topological polar surface area (TPSA) is 58.4 Å². The van der Waals surface area contributed by atoms with E-state index in [-0.39, 0.29) is 5.91 Å². The summed E-state index contributed by atoms with van der Waals surface area (Å²) >= 11 is 0. The molecule has 1 fully saturated rings. The molecule has 0 bridgehead atoms. The number of piperidine rings is 1. The fourth-order valence-electron chi connectivity index (χ4n) is 3.20. The molecule has 0 aromatic carbocycles. The van der Waals surface area contributed by atoms with E-state index in [1.165, 1.54) is 32.4 Å². The Labute approximate surface area is 130 Å². The lowest BCUT2D eigenvalue weighted by molar-refractivity contribution is -0.122. The summed E-state index contributed by atoms with van der Waals surface area (Å²) < 4.78 is 0. The summed E-state index contributed by atoms with van der Waals surface area (Å²) in [7, 11) is 0. The lowest BCUT2D eigenvalue weighted by Crippen LogP contribution is -2.38. The summed E-state index contributed by atoms with van der Waals surface area (Å²) in [5, 5.41) is 3.09. The second-order valence-corrected chi connectivity index (χ2v) is 7.21. The van der Waals surface area contributed by atoms with Crippen LogP contribution in [0.1, 0.15) is 52.9 Å². The first-order valence-electron chi connectivity index (χ1n) is 8.70. The highest BCUT2D eigenvalue weighted by Gasteiger charge is 2.16. The van der Waals surface area contributed by atoms with Crippen LogP contribution in [0.3, 0.4) is 0 Å². The number of hydrogen-bond donors (Lipinski definition) is 2. The van der Waals surface area contributed by atoms with Crippen LogP contribution in [-0.2, 0) is 4.79 Å².